The number of rotatable bonds is 3. The highest BCUT2D eigenvalue weighted by atomic mass is 19.4. The van der Waals surface area contributed by atoms with Crippen molar-refractivity contribution < 1.29 is 32.6 Å². The molecule has 0 radical (unpaired) electrons. The van der Waals surface area contributed by atoms with Crippen molar-refractivity contribution in [3.05, 3.63) is 34.9 Å². The first kappa shape index (κ1) is 23.4. The Morgan fingerprint density at radius 3 is 2.29 bits per heavy atom. The summed E-state index contributed by atoms with van der Waals surface area (Å²) >= 11 is 0. The lowest BCUT2D eigenvalue weighted by Crippen LogP contribution is -2.53. The fourth-order valence-electron chi connectivity index (χ4n) is 4.57. The average molecular weight is 442 g/mol. The topological polar surface area (TPSA) is 70.1 Å². The van der Waals surface area contributed by atoms with Gasteiger partial charge in [0, 0.05) is 25.2 Å². The molecule has 0 unspecified atom stereocenters. The zero-order chi connectivity index (χ0) is 23.0. The monoisotopic (exact) mass is 442 g/mol. The van der Waals surface area contributed by atoms with Gasteiger partial charge in [0.05, 0.1) is 11.1 Å². The van der Waals surface area contributed by atoms with Crippen molar-refractivity contribution in [1.29, 1.82) is 0 Å². The molecule has 1 spiro atoms. The standard InChI is InChI=1S/C22H29F3N2O4/c1-20(2,3)31-19(30)26-11-8-21(9-12-26)7-4-10-27(21)14-15-5-6-17(22(23,24)25)16(13-15)18(28)29/h5-6,13H,4,7-12,14H2,1-3H3,(H,28,29). The number of aromatic carboxylic acids is 1. The summed E-state index contributed by atoms with van der Waals surface area (Å²) in [5.74, 6) is -1.59. The van der Waals surface area contributed by atoms with E-state index in [1.165, 1.54) is 6.07 Å². The normalized spacial score (nSPS) is 19.6. The van der Waals surface area contributed by atoms with Gasteiger partial charge in [0.1, 0.15) is 5.60 Å². The maximum absolute atomic E-state index is 13.1. The Labute approximate surface area is 180 Å². The predicted octanol–water partition coefficient (Wildman–Crippen LogP) is 4.77. The molecule has 1 aromatic carbocycles. The minimum Gasteiger partial charge on any atom is -0.478 e. The second-order valence-electron chi connectivity index (χ2n) is 9.40. The average Bonchev–Trinajstić information content (AvgIpc) is 3.01. The minimum atomic E-state index is -4.71. The molecule has 2 saturated heterocycles. The number of halogens is 3. The number of amides is 1. The number of hydrogen-bond acceptors (Lipinski definition) is 4. The Bertz CT molecular complexity index is 840. The first-order valence-electron chi connectivity index (χ1n) is 10.5. The van der Waals surface area contributed by atoms with E-state index in [1.54, 1.807) is 4.90 Å². The van der Waals surface area contributed by atoms with E-state index >= 15 is 0 Å². The van der Waals surface area contributed by atoms with Gasteiger partial charge in [-0.25, -0.2) is 9.59 Å². The molecule has 1 aromatic rings. The zero-order valence-corrected chi connectivity index (χ0v) is 18.1. The van der Waals surface area contributed by atoms with E-state index in [0.717, 1.165) is 44.4 Å². The first-order chi connectivity index (χ1) is 14.3. The van der Waals surface area contributed by atoms with Crippen LogP contribution in [0.15, 0.2) is 18.2 Å². The Morgan fingerprint density at radius 2 is 1.74 bits per heavy atom. The summed E-state index contributed by atoms with van der Waals surface area (Å²) in [4.78, 5) is 27.7. The van der Waals surface area contributed by atoms with Crippen molar-refractivity contribution in [2.24, 2.45) is 0 Å². The number of carbonyl (C=O) groups excluding carboxylic acids is 1. The first-order valence-corrected chi connectivity index (χ1v) is 10.5. The summed E-state index contributed by atoms with van der Waals surface area (Å²) in [7, 11) is 0. The van der Waals surface area contributed by atoms with E-state index < -0.39 is 28.9 Å². The SMILES string of the molecule is CC(C)(C)OC(=O)N1CCC2(CCCN2Cc2ccc(C(F)(F)F)c(C(=O)O)c2)CC1. The molecule has 2 aliphatic rings. The summed E-state index contributed by atoms with van der Waals surface area (Å²) < 4.78 is 44.8. The lowest BCUT2D eigenvalue weighted by atomic mass is 9.84. The molecule has 2 heterocycles. The van der Waals surface area contributed by atoms with Crippen LogP contribution in [0.4, 0.5) is 18.0 Å². The molecule has 0 aliphatic carbocycles. The van der Waals surface area contributed by atoms with Crippen molar-refractivity contribution in [1.82, 2.24) is 9.80 Å². The van der Waals surface area contributed by atoms with Gasteiger partial charge in [-0.1, -0.05) is 6.07 Å². The molecule has 2 fully saturated rings. The number of piperidine rings is 1. The highest BCUT2D eigenvalue weighted by Gasteiger charge is 2.44. The smallest absolute Gasteiger partial charge is 0.417 e. The van der Waals surface area contributed by atoms with Gasteiger partial charge in [0.2, 0.25) is 0 Å². The summed E-state index contributed by atoms with van der Waals surface area (Å²) in [5.41, 5.74) is -2.01. The van der Waals surface area contributed by atoms with Crippen LogP contribution in [0.3, 0.4) is 0 Å². The molecule has 1 N–H and O–H groups in total. The van der Waals surface area contributed by atoms with Crippen LogP contribution in [0.1, 0.15) is 67.9 Å². The fourth-order valence-corrected chi connectivity index (χ4v) is 4.57. The largest absolute Gasteiger partial charge is 0.478 e. The molecule has 2 aliphatic heterocycles. The number of likely N-dealkylation sites (tertiary alicyclic amines) is 2. The maximum atomic E-state index is 13.1. The van der Waals surface area contributed by atoms with Gasteiger partial charge in [-0.2, -0.15) is 13.2 Å². The van der Waals surface area contributed by atoms with Crippen LogP contribution in [0, 0.1) is 0 Å². The molecule has 0 aromatic heterocycles. The summed E-state index contributed by atoms with van der Waals surface area (Å²) in [6, 6.07) is 3.34. The second-order valence-corrected chi connectivity index (χ2v) is 9.40. The van der Waals surface area contributed by atoms with Crippen LogP contribution >= 0.6 is 0 Å². The number of hydrogen-bond donors (Lipinski definition) is 1. The van der Waals surface area contributed by atoms with Crippen molar-refractivity contribution in [2.75, 3.05) is 19.6 Å². The van der Waals surface area contributed by atoms with Crippen LogP contribution < -0.4 is 0 Å². The molecule has 3 rings (SSSR count). The number of benzene rings is 1. The van der Waals surface area contributed by atoms with Gasteiger partial charge in [0.25, 0.3) is 0 Å². The van der Waals surface area contributed by atoms with Gasteiger partial charge in [-0.3, -0.25) is 4.90 Å². The summed E-state index contributed by atoms with van der Waals surface area (Å²) in [6.07, 6.45) is -1.64. The lowest BCUT2D eigenvalue weighted by molar-refractivity contribution is -0.138. The summed E-state index contributed by atoms with van der Waals surface area (Å²) in [6.45, 7) is 7.75. The lowest BCUT2D eigenvalue weighted by Gasteiger charge is -2.45. The van der Waals surface area contributed by atoms with E-state index in [9.17, 15) is 27.9 Å². The molecule has 31 heavy (non-hydrogen) atoms. The number of ether oxygens (including phenoxy) is 1. The van der Waals surface area contributed by atoms with E-state index in [4.69, 9.17) is 4.74 Å². The van der Waals surface area contributed by atoms with Crippen molar-refractivity contribution >= 4 is 12.1 Å². The van der Waals surface area contributed by atoms with Crippen LogP contribution in [-0.2, 0) is 17.5 Å². The molecule has 6 nitrogen and oxygen atoms in total. The van der Waals surface area contributed by atoms with Crippen LogP contribution in [0.5, 0.6) is 0 Å². The minimum absolute atomic E-state index is 0.134. The van der Waals surface area contributed by atoms with Crippen molar-refractivity contribution in [2.45, 2.75) is 70.3 Å². The number of carboxylic acids is 1. The van der Waals surface area contributed by atoms with Crippen molar-refractivity contribution in [3.63, 3.8) is 0 Å². The van der Waals surface area contributed by atoms with Gasteiger partial charge in [-0.15, -0.1) is 0 Å². The van der Waals surface area contributed by atoms with Gasteiger partial charge in [-0.05, 0) is 70.7 Å². The van der Waals surface area contributed by atoms with E-state index in [-0.39, 0.29) is 11.6 Å². The van der Waals surface area contributed by atoms with Crippen LogP contribution in [0.25, 0.3) is 0 Å². The molecule has 0 saturated carbocycles. The van der Waals surface area contributed by atoms with E-state index in [0.29, 0.717) is 25.2 Å². The van der Waals surface area contributed by atoms with Gasteiger partial charge in [0.15, 0.2) is 0 Å². The van der Waals surface area contributed by atoms with Crippen molar-refractivity contribution in [3.8, 4) is 0 Å². The summed E-state index contributed by atoms with van der Waals surface area (Å²) in [5, 5.41) is 9.26. The number of carbonyl (C=O) groups is 2. The van der Waals surface area contributed by atoms with Crippen LogP contribution in [0.2, 0.25) is 0 Å². The molecule has 0 bridgehead atoms. The maximum Gasteiger partial charge on any atom is 0.417 e. The number of nitrogens with zero attached hydrogens (tertiary/aromatic N) is 2. The number of alkyl halides is 3. The Kier molecular flexibility index (Phi) is 6.28. The van der Waals surface area contributed by atoms with E-state index in [2.05, 4.69) is 4.90 Å². The Hall–Kier alpha value is -2.29. The third kappa shape index (κ3) is 5.31. The van der Waals surface area contributed by atoms with E-state index in [1.807, 2.05) is 20.8 Å². The van der Waals surface area contributed by atoms with Crippen LogP contribution in [-0.4, -0.2) is 57.7 Å². The highest BCUT2D eigenvalue weighted by Crippen LogP contribution is 2.40. The Balaban J connectivity index is 1.71. The molecule has 1 amide bonds. The fraction of sp³-hybridized carbons (Fsp3) is 0.636. The van der Waals surface area contributed by atoms with Gasteiger partial charge < -0.3 is 14.7 Å². The third-order valence-electron chi connectivity index (χ3n) is 6.08. The predicted molar refractivity (Wildman–Crippen MR) is 108 cm³/mol. The Morgan fingerprint density at radius 1 is 1.10 bits per heavy atom. The second kappa shape index (κ2) is 8.33. The molecular weight excluding hydrogens is 413 g/mol. The van der Waals surface area contributed by atoms with Gasteiger partial charge >= 0.3 is 18.2 Å². The number of carboxylic acid groups (broad SMARTS) is 1. The quantitative estimate of drug-likeness (QED) is 0.730. The molecule has 172 valence electrons. The molecule has 0 atom stereocenters. The zero-order valence-electron chi connectivity index (χ0n) is 18.1. The third-order valence-corrected chi connectivity index (χ3v) is 6.08. The highest BCUT2D eigenvalue weighted by molar-refractivity contribution is 5.89. The molecular formula is C22H29F3N2O4. The molecule has 9 heteroatoms.